The Balaban J connectivity index is 1.98. The Bertz CT molecular complexity index is 901. The number of para-hydroxylation sites is 1. The Morgan fingerprint density at radius 3 is 2.43 bits per heavy atom. The summed E-state index contributed by atoms with van der Waals surface area (Å²) in [5.74, 6) is 0.773. The minimum absolute atomic E-state index is 0.0376. The molecule has 0 fully saturated rings. The van der Waals surface area contributed by atoms with Crippen molar-refractivity contribution in [3.05, 3.63) is 59.2 Å². The third kappa shape index (κ3) is 6.37. The molecule has 0 aliphatic rings. The van der Waals surface area contributed by atoms with Crippen LogP contribution in [0.5, 0.6) is 11.5 Å². The molecule has 0 unspecified atom stereocenters. The van der Waals surface area contributed by atoms with Gasteiger partial charge in [-0.05, 0) is 55.2 Å². The van der Waals surface area contributed by atoms with Gasteiger partial charge in [0.05, 0.1) is 20.3 Å². The predicted molar refractivity (Wildman–Crippen MR) is 120 cm³/mol. The van der Waals surface area contributed by atoms with Crippen LogP contribution in [0.1, 0.15) is 30.0 Å². The van der Waals surface area contributed by atoms with E-state index >= 15 is 0 Å². The zero-order valence-electron chi connectivity index (χ0n) is 18.3. The van der Waals surface area contributed by atoms with Crippen molar-refractivity contribution in [1.29, 1.82) is 0 Å². The van der Waals surface area contributed by atoms with Crippen LogP contribution in [0.4, 0.5) is 5.69 Å². The maximum Gasteiger partial charge on any atom is 0.246 e. The number of hydrogen-bond donors (Lipinski definition) is 1. The van der Waals surface area contributed by atoms with E-state index < -0.39 is 0 Å². The molecule has 2 amide bonds. The molecular weight excluding hydrogens is 380 g/mol. The number of benzene rings is 2. The number of nitrogens with one attached hydrogen (secondary N) is 1. The second-order valence-corrected chi connectivity index (χ2v) is 7.10. The molecule has 6 heteroatoms. The molecule has 2 rings (SSSR count). The van der Waals surface area contributed by atoms with Crippen LogP contribution in [-0.4, -0.2) is 44.0 Å². The van der Waals surface area contributed by atoms with E-state index in [9.17, 15) is 9.59 Å². The van der Waals surface area contributed by atoms with E-state index in [2.05, 4.69) is 5.32 Å². The van der Waals surface area contributed by atoms with Crippen molar-refractivity contribution in [3.8, 4) is 11.5 Å². The number of methoxy groups -OCH3 is 1. The van der Waals surface area contributed by atoms with E-state index in [-0.39, 0.29) is 18.4 Å². The Labute approximate surface area is 178 Å². The first kappa shape index (κ1) is 23.0. The zero-order valence-corrected chi connectivity index (χ0v) is 18.3. The summed E-state index contributed by atoms with van der Waals surface area (Å²) in [5.41, 5.74) is 3.56. The van der Waals surface area contributed by atoms with Crippen molar-refractivity contribution in [3.63, 3.8) is 0 Å². The predicted octanol–water partition coefficient (Wildman–Crippen LogP) is 4.21. The van der Waals surface area contributed by atoms with Gasteiger partial charge in [0, 0.05) is 18.8 Å². The summed E-state index contributed by atoms with van der Waals surface area (Å²) in [7, 11) is 3.18. The highest BCUT2D eigenvalue weighted by atomic mass is 16.5. The number of hydrogen-bond acceptors (Lipinski definition) is 4. The Morgan fingerprint density at radius 1 is 1.10 bits per heavy atom. The molecule has 0 saturated heterocycles. The Morgan fingerprint density at radius 2 is 1.80 bits per heavy atom. The number of rotatable bonds is 9. The van der Waals surface area contributed by atoms with Crippen molar-refractivity contribution in [2.24, 2.45) is 0 Å². The molecule has 0 radical (unpaired) electrons. The number of ether oxygens (including phenoxy) is 2. The fourth-order valence-electron chi connectivity index (χ4n) is 2.90. The first-order chi connectivity index (χ1) is 14.3. The van der Waals surface area contributed by atoms with Crippen LogP contribution in [0, 0.1) is 13.8 Å². The molecule has 30 heavy (non-hydrogen) atoms. The summed E-state index contributed by atoms with van der Waals surface area (Å²) in [6.07, 6.45) is 4.03. The van der Waals surface area contributed by atoms with Crippen molar-refractivity contribution in [2.45, 2.75) is 27.2 Å². The lowest BCUT2D eigenvalue weighted by molar-refractivity contribution is -0.129. The van der Waals surface area contributed by atoms with Crippen LogP contribution in [0.3, 0.4) is 0 Å². The van der Waals surface area contributed by atoms with Gasteiger partial charge in [0.2, 0.25) is 11.8 Å². The Hall–Kier alpha value is -3.28. The standard InChI is InChI=1S/C24H30N2O4/c1-6-14-30-20-12-10-19(15-21(20)29-5)11-13-23(28)26(4)16-22(27)25-24-17(2)8-7-9-18(24)3/h7-13,15H,6,14,16H2,1-5H3,(H,25,27). The molecule has 6 nitrogen and oxygen atoms in total. The second-order valence-electron chi connectivity index (χ2n) is 7.10. The number of aryl methyl sites for hydroxylation is 2. The molecule has 1 N–H and O–H groups in total. The van der Waals surface area contributed by atoms with Crippen LogP contribution in [0.15, 0.2) is 42.5 Å². The molecular formula is C24H30N2O4. The quantitative estimate of drug-likeness (QED) is 0.629. The van der Waals surface area contributed by atoms with Crippen LogP contribution in [-0.2, 0) is 9.59 Å². The molecule has 0 heterocycles. The van der Waals surface area contributed by atoms with E-state index in [1.54, 1.807) is 20.2 Å². The average Bonchev–Trinajstić information content (AvgIpc) is 2.73. The summed E-state index contributed by atoms with van der Waals surface area (Å²) < 4.78 is 11.0. The largest absolute Gasteiger partial charge is 0.493 e. The zero-order chi connectivity index (χ0) is 22.1. The monoisotopic (exact) mass is 410 g/mol. The van der Waals surface area contributed by atoms with Gasteiger partial charge in [-0.2, -0.15) is 0 Å². The number of nitrogens with zero attached hydrogens (tertiary/aromatic N) is 1. The van der Waals surface area contributed by atoms with Gasteiger partial charge < -0.3 is 19.7 Å². The first-order valence-corrected chi connectivity index (χ1v) is 9.95. The van der Waals surface area contributed by atoms with Gasteiger partial charge in [-0.3, -0.25) is 9.59 Å². The molecule has 0 aromatic heterocycles. The molecule has 0 spiro atoms. The van der Waals surface area contributed by atoms with E-state index in [1.165, 1.54) is 11.0 Å². The molecule has 0 bridgehead atoms. The molecule has 2 aromatic carbocycles. The van der Waals surface area contributed by atoms with Crippen molar-refractivity contribution in [2.75, 3.05) is 32.6 Å². The molecule has 160 valence electrons. The van der Waals surface area contributed by atoms with Crippen LogP contribution in [0.2, 0.25) is 0 Å². The lowest BCUT2D eigenvalue weighted by Gasteiger charge is -2.16. The van der Waals surface area contributed by atoms with Gasteiger partial charge in [0.1, 0.15) is 0 Å². The molecule has 2 aromatic rings. The van der Waals surface area contributed by atoms with Crippen molar-refractivity contribution < 1.29 is 19.1 Å². The third-order valence-corrected chi connectivity index (χ3v) is 4.57. The summed E-state index contributed by atoms with van der Waals surface area (Å²) in [6.45, 7) is 6.48. The third-order valence-electron chi connectivity index (χ3n) is 4.57. The molecule has 0 aliphatic heterocycles. The van der Waals surface area contributed by atoms with E-state index in [4.69, 9.17) is 9.47 Å². The highest BCUT2D eigenvalue weighted by Gasteiger charge is 2.13. The smallest absolute Gasteiger partial charge is 0.246 e. The minimum atomic E-state index is -0.267. The topological polar surface area (TPSA) is 67.9 Å². The van der Waals surface area contributed by atoms with E-state index in [0.29, 0.717) is 18.1 Å². The lowest BCUT2D eigenvalue weighted by atomic mass is 10.1. The molecule has 0 aliphatic carbocycles. The minimum Gasteiger partial charge on any atom is -0.493 e. The average molecular weight is 411 g/mol. The van der Waals surface area contributed by atoms with Gasteiger partial charge in [0.25, 0.3) is 0 Å². The number of carbonyl (C=O) groups is 2. The normalized spacial score (nSPS) is 10.7. The van der Waals surface area contributed by atoms with Crippen molar-refractivity contribution >= 4 is 23.6 Å². The maximum absolute atomic E-state index is 12.4. The van der Waals surface area contributed by atoms with Gasteiger partial charge >= 0.3 is 0 Å². The SMILES string of the molecule is CCCOc1ccc(C=CC(=O)N(C)CC(=O)Nc2c(C)cccc2C)cc1OC. The van der Waals surface area contributed by atoms with E-state index in [0.717, 1.165) is 28.8 Å². The summed E-state index contributed by atoms with van der Waals surface area (Å²) in [4.78, 5) is 26.1. The highest BCUT2D eigenvalue weighted by molar-refractivity contribution is 5.98. The second kappa shape index (κ2) is 11.0. The van der Waals surface area contributed by atoms with E-state index in [1.807, 2.05) is 57.2 Å². The summed E-state index contributed by atoms with van der Waals surface area (Å²) in [5, 5.41) is 2.89. The van der Waals surface area contributed by atoms with Crippen LogP contribution >= 0.6 is 0 Å². The van der Waals surface area contributed by atoms with Crippen molar-refractivity contribution in [1.82, 2.24) is 4.90 Å². The molecule has 0 saturated carbocycles. The number of amides is 2. The van der Waals surface area contributed by atoms with Gasteiger partial charge in [0.15, 0.2) is 11.5 Å². The fraction of sp³-hybridized carbons (Fsp3) is 0.333. The summed E-state index contributed by atoms with van der Waals surface area (Å²) >= 11 is 0. The highest BCUT2D eigenvalue weighted by Crippen LogP contribution is 2.28. The Kier molecular flexibility index (Phi) is 8.47. The van der Waals surface area contributed by atoms with Crippen LogP contribution < -0.4 is 14.8 Å². The number of carbonyl (C=O) groups excluding carboxylic acids is 2. The van der Waals surface area contributed by atoms with Gasteiger partial charge in [-0.25, -0.2) is 0 Å². The first-order valence-electron chi connectivity index (χ1n) is 9.95. The fourth-order valence-corrected chi connectivity index (χ4v) is 2.90. The molecule has 0 atom stereocenters. The van der Waals surface area contributed by atoms with Gasteiger partial charge in [-0.15, -0.1) is 0 Å². The summed E-state index contributed by atoms with van der Waals surface area (Å²) in [6, 6.07) is 11.3. The number of anilines is 1. The van der Waals surface area contributed by atoms with Gasteiger partial charge in [-0.1, -0.05) is 31.2 Å². The van der Waals surface area contributed by atoms with Crippen LogP contribution in [0.25, 0.3) is 6.08 Å². The number of likely N-dealkylation sites (N-methyl/N-ethyl adjacent to an activating group) is 1. The maximum atomic E-state index is 12.4. The lowest BCUT2D eigenvalue weighted by Crippen LogP contribution is -2.34.